The average molecular weight is 519 g/mol. The summed E-state index contributed by atoms with van der Waals surface area (Å²) < 4.78 is 1.13. The first kappa shape index (κ1) is 22.1. The lowest BCUT2D eigenvalue weighted by molar-refractivity contribution is -0.115. The van der Waals surface area contributed by atoms with Crippen molar-refractivity contribution < 1.29 is 4.79 Å². The highest BCUT2D eigenvalue weighted by Gasteiger charge is 2.30. The van der Waals surface area contributed by atoms with E-state index >= 15 is 0 Å². The van der Waals surface area contributed by atoms with Crippen LogP contribution in [0.3, 0.4) is 0 Å². The third kappa shape index (κ3) is 5.95. The molecule has 1 aliphatic carbocycles. The van der Waals surface area contributed by atoms with Gasteiger partial charge in [0.1, 0.15) is 11.1 Å². The number of carbonyl (C=O) groups excluding carboxylic acids is 1. The van der Waals surface area contributed by atoms with Crippen LogP contribution in [0.1, 0.15) is 50.4 Å². The first-order chi connectivity index (χ1) is 13.8. The Morgan fingerprint density at radius 3 is 2.72 bits per heavy atom. The minimum absolute atomic E-state index is 0.0248. The van der Waals surface area contributed by atoms with E-state index in [1.165, 1.54) is 17.3 Å². The summed E-state index contributed by atoms with van der Waals surface area (Å²) in [7, 11) is 0. The van der Waals surface area contributed by atoms with Gasteiger partial charge < -0.3 is 5.32 Å². The smallest absolute Gasteiger partial charge is 0.225 e. The molecule has 3 rings (SSSR count). The summed E-state index contributed by atoms with van der Waals surface area (Å²) >= 11 is 3.73. The van der Waals surface area contributed by atoms with Gasteiger partial charge in [-0.05, 0) is 89.1 Å². The van der Waals surface area contributed by atoms with Gasteiger partial charge in [0.2, 0.25) is 5.91 Å². The van der Waals surface area contributed by atoms with Crippen molar-refractivity contribution in [2.24, 2.45) is 11.3 Å². The van der Waals surface area contributed by atoms with E-state index in [1.807, 2.05) is 30.3 Å². The van der Waals surface area contributed by atoms with E-state index < -0.39 is 0 Å². The second-order valence-electron chi connectivity index (χ2n) is 8.52. The molecule has 0 fully saturated rings. The molecular formula is C23H26IN3OS. The monoisotopic (exact) mass is 519 g/mol. The predicted octanol–water partition coefficient (Wildman–Crippen LogP) is 5.83. The van der Waals surface area contributed by atoms with E-state index in [1.54, 1.807) is 0 Å². The van der Waals surface area contributed by atoms with Gasteiger partial charge in [0.25, 0.3) is 0 Å². The van der Waals surface area contributed by atoms with Crippen molar-refractivity contribution in [3.8, 4) is 6.07 Å². The van der Waals surface area contributed by atoms with Crippen molar-refractivity contribution >= 4 is 45.9 Å². The van der Waals surface area contributed by atoms with Crippen molar-refractivity contribution in [1.82, 2.24) is 4.98 Å². The molecule has 0 bridgehead atoms. The Hall–Kier alpha value is -1.59. The molecule has 1 aliphatic rings. The van der Waals surface area contributed by atoms with Crippen LogP contribution in [0.25, 0.3) is 0 Å². The molecule has 0 aliphatic heterocycles. The highest BCUT2D eigenvalue weighted by Crippen LogP contribution is 2.38. The van der Waals surface area contributed by atoms with Crippen LogP contribution in [0, 0.1) is 26.2 Å². The predicted molar refractivity (Wildman–Crippen MR) is 127 cm³/mol. The number of aromatic nitrogens is 1. The summed E-state index contributed by atoms with van der Waals surface area (Å²) in [5.41, 5.74) is 4.03. The molecule has 1 atom stereocenters. The fraction of sp³-hybridized carbons (Fsp3) is 0.435. The first-order valence-corrected chi connectivity index (χ1v) is 11.9. The molecule has 4 nitrogen and oxygen atoms in total. The largest absolute Gasteiger partial charge is 0.326 e. The lowest BCUT2D eigenvalue weighted by Gasteiger charge is -2.34. The normalized spacial score (nSPS) is 16.0. The van der Waals surface area contributed by atoms with Crippen LogP contribution < -0.4 is 5.32 Å². The van der Waals surface area contributed by atoms with Gasteiger partial charge in [0.15, 0.2) is 0 Å². The average Bonchev–Trinajstić information content (AvgIpc) is 2.68. The van der Waals surface area contributed by atoms with Gasteiger partial charge >= 0.3 is 0 Å². The molecule has 29 heavy (non-hydrogen) atoms. The van der Waals surface area contributed by atoms with E-state index in [2.05, 4.69) is 54.7 Å². The summed E-state index contributed by atoms with van der Waals surface area (Å²) in [4.78, 5) is 17.0. The standard InChI is InChI=1S/C23H26IN3OS/c1-23(2,3)17-4-9-20-15(13-17)12-16(14-25)22(27-20)29-11-10-21(28)26-19-7-5-18(24)6-8-19/h5-8,12,17H,4,9-11,13H2,1-3H3,(H,26,28). The van der Waals surface area contributed by atoms with E-state index in [-0.39, 0.29) is 11.3 Å². The number of nitrogens with zero attached hydrogens (tertiary/aromatic N) is 2. The Balaban J connectivity index is 1.60. The molecule has 0 saturated carbocycles. The van der Waals surface area contributed by atoms with Crippen LogP contribution >= 0.6 is 34.4 Å². The van der Waals surface area contributed by atoms with Crippen molar-refractivity contribution in [3.63, 3.8) is 0 Å². The number of carbonyl (C=O) groups is 1. The summed E-state index contributed by atoms with van der Waals surface area (Å²) in [5, 5.41) is 13.3. The van der Waals surface area contributed by atoms with Crippen molar-refractivity contribution in [1.29, 1.82) is 5.26 Å². The number of hydrogen-bond donors (Lipinski definition) is 1. The minimum atomic E-state index is -0.0248. The minimum Gasteiger partial charge on any atom is -0.326 e. The van der Waals surface area contributed by atoms with Gasteiger partial charge in [0.05, 0.1) is 5.56 Å². The number of amides is 1. The fourth-order valence-electron chi connectivity index (χ4n) is 3.57. The number of halogens is 1. The second-order valence-corrected chi connectivity index (χ2v) is 10.8. The Morgan fingerprint density at radius 1 is 1.34 bits per heavy atom. The molecule has 1 N–H and O–H groups in total. The molecular weight excluding hydrogens is 493 g/mol. The number of nitrogens with one attached hydrogen (secondary N) is 1. The number of anilines is 1. The number of aryl methyl sites for hydroxylation is 1. The van der Waals surface area contributed by atoms with Gasteiger partial charge in [0, 0.05) is 27.1 Å². The molecule has 1 amide bonds. The van der Waals surface area contributed by atoms with Crippen molar-refractivity contribution in [2.45, 2.75) is 51.5 Å². The highest BCUT2D eigenvalue weighted by molar-refractivity contribution is 14.1. The van der Waals surface area contributed by atoms with Crippen LogP contribution in [0.2, 0.25) is 0 Å². The molecule has 1 unspecified atom stereocenters. The molecule has 2 aromatic rings. The molecule has 152 valence electrons. The molecule has 0 radical (unpaired) electrons. The Labute approximate surface area is 191 Å². The number of nitriles is 1. The summed E-state index contributed by atoms with van der Waals surface area (Å²) in [6, 6.07) is 12.0. The number of thioether (sulfide) groups is 1. The topological polar surface area (TPSA) is 65.8 Å². The van der Waals surface area contributed by atoms with Crippen LogP contribution in [0.15, 0.2) is 35.4 Å². The van der Waals surface area contributed by atoms with Gasteiger partial charge in [-0.1, -0.05) is 20.8 Å². The fourth-order valence-corrected chi connectivity index (χ4v) is 4.85. The van der Waals surface area contributed by atoms with Crippen molar-refractivity contribution in [2.75, 3.05) is 11.1 Å². The number of hydrogen-bond acceptors (Lipinski definition) is 4. The second kappa shape index (κ2) is 9.48. The third-order valence-electron chi connectivity index (χ3n) is 5.39. The van der Waals surface area contributed by atoms with Crippen LogP contribution in [-0.2, 0) is 17.6 Å². The third-order valence-corrected chi connectivity index (χ3v) is 7.11. The number of pyridine rings is 1. The van der Waals surface area contributed by atoms with Gasteiger partial charge in [-0.25, -0.2) is 4.98 Å². The lowest BCUT2D eigenvalue weighted by atomic mass is 9.71. The van der Waals surface area contributed by atoms with Gasteiger partial charge in [-0.2, -0.15) is 5.26 Å². The van der Waals surface area contributed by atoms with Crippen molar-refractivity contribution in [3.05, 3.63) is 50.7 Å². The summed E-state index contributed by atoms with van der Waals surface area (Å²) in [6.45, 7) is 6.85. The lowest BCUT2D eigenvalue weighted by Crippen LogP contribution is -2.27. The maximum Gasteiger partial charge on any atom is 0.225 e. The van der Waals surface area contributed by atoms with E-state index in [4.69, 9.17) is 4.98 Å². The Bertz CT molecular complexity index is 929. The molecule has 1 heterocycles. The first-order valence-electron chi connectivity index (χ1n) is 9.87. The van der Waals surface area contributed by atoms with Crippen LogP contribution in [0.4, 0.5) is 5.69 Å². The SMILES string of the molecule is CC(C)(C)C1CCc2nc(SCCC(=O)Nc3ccc(I)cc3)c(C#N)cc2C1. The molecule has 0 spiro atoms. The molecule has 0 saturated heterocycles. The summed E-state index contributed by atoms with van der Waals surface area (Å²) in [5.74, 6) is 1.19. The van der Waals surface area contributed by atoms with Crippen LogP contribution in [-0.4, -0.2) is 16.6 Å². The molecule has 1 aromatic heterocycles. The van der Waals surface area contributed by atoms with E-state index in [0.717, 1.165) is 39.2 Å². The molecule has 6 heteroatoms. The highest BCUT2D eigenvalue weighted by atomic mass is 127. The quantitative estimate of drug-likeness (QED) is 0.399. The van der Waals surface area contributed by atoms with E-state index in [9.17, 15) is 10.1 Å². The Kier molecular flexibility index (Phi) is 7.23. The Morgan fingerprint density at radius 2 is 2.07 bits per heavy atom. The number of fused-ring (bicyclic) bond motifs is 1. The maximum absolute atomic E-state index is 12.2. The maximum atomic E-state index is 12.2. The zero-order chi connectivity index (χ0) is 21.0. The van der Waals surface area contributed by atoms with Crippen LogP contribution in [0.5, 0.6) is 0 Å². The number of benzene rings is 1. The van der Waals surface area contributed by atoms with Gasteiger partial charge in [-0.3, -0.25) is 4.79 Å². The zero-order valence-corrected chi connectivity index (χ0v) is 20.1. The summed E-state index contributed by atoms with van der Waals surface area (Å²) in [6.07, 6.45) is 3.47. The van der Waals surface area contributed by atoms with E-state index in [0.29, 0.717) is 23.7 Å². The zero-order valence-electron chi connectivity index (χ0n) is 17.1. The van der Waals surface area contributed by atoms with Gasteiger partial charge in [-0.15, -0.1) is 11.8 Å². The molecule has 1 aromatic carbocycles. The number of rotatable bonds is 5.